The molecule has 1 unspecified atom stereocenters. The third-order valence-electron chi connectivity index (χ3n) is 4.39. The lowest BCUT2D eigenvalue weighted by atomic mass is 10.0. The number of amides is 1. The van der Waals surface area contributed by atoms with Crippen molar-refractivity contribution in [1.29, 1.82) is 0 Å². The lowest BCUT2D eigenvalue weighted by Crippen LogP contribution is -2.32. The molecule has 0 spiro atoms. The van der Waals surface area contributed by atoms with Gasteiger partial charge in [-0.1, -0.05) is 62.4 Å². The second-order valence-electron chi connectivity index (χ2n) is 6.06. The summed E-state index contributed by atoms with van der Waals surface area (Å²) in [7, 11) is 0. The molecule has 4 heteroatoms. The Bertz CT molecular complexity index is 649. The van der Waals surface area contributed by atoms with E-state index >= 15 is 0 Å². The highest BCUT2D eigenvalue weighted by Crippen LogP contribution is 2.22. The molecule has 0 fully saturated rings. The minimum Gasteiger partial charge on any atom is -0.396 e. The fourth-order valence-corrected chi connectivity index (χ4v) is 3.00. The van der Waals surface area contributed by atoms with E-state index in [9.17, 15) is 9.90 Å². The van der Waals surface area contributed by atoms with Crippen LogP contribution >= 0.6 is 0 Å². The first-order valence-corrected chi connectivity index (χ1v) is 8.99. The van der Waals surface area contributed by atoms with Crippen molar-refractivity contribution in [3.63, 3.8) is 0 Å². The average Bonchev–Trinajstić information content (AvgIpc) is 2.66. The molecule has 0 aliphatic rings. The Kier molecular flexibility index (Phi) is 7.64. The molecule has 0 aliphatic heterocycles. The van der Waals surface area contributed by atoms with Crippen LogP contribution in [0.25, 0.3) is 0 Å². The number of hydrogen-bond donors (Lipinski definition) is 3. The fourth-order valence-electron chi connectivity index (χ4n) is 3.00. The maximum absolute atomic E-state index is 12.5. The van der Waals surface area contributed by atoms with Gasteiger partial charge < -0.3 is 15.7 Å². The van der Waals surface area contributed by atoms with Gasteiger partial charge in [0.15, 0.2) is 0 Å². The molecule has 0 aromatic heterocycles. The number of carbonyl (C=O) groups is 1. The van der Waals surface area contributed by atoms with E-state index in [1.54, 1.807) is 0 Å². The molecule has 0 saturated heterocycles. The molecule has 0 bridgehead atoms. The molecule has 2 aromatic carbocycles. The molecule has 4 nitrogen and oxygen atoms in total. The molecule has 0 radical (unpaired) electrons. The first-order valence-electron chi connectivity index (χ1n) is 8.99. The van der Waals surface area contributed by atoms with Crippen molar-refractivity contribution in [2.45, 2.75) is 39.2 Å². The summed E-state index contributed by atoms with van der Waals surface area (Å²) in [5.74, 6) is -0.0607. The summed E-state index contributed by atoms with van der Waals surface area (Å²) < 4.78 is 0. The molecule has 0 heterocycles. The summed E-state index contributed by atoms with van der Waals surface area (Å²) in [4.78, 5) is 12.5. The van der Waals surface area contributed by atoms with E-state index in [0.29, 0.717) is 6.42 Å². The SMILES string of the molecule is CCc1cccc(CC)c1NC(=O)CNC(CCO)c1ccccc1. The summed E-state index contributed by atoms with van der Waals surface area (Å²) >= 11 is 0. The van der Waals surface area contributed by atoms with Crippen molar-refractivity contribution < 1.29 is 9.90 Å². The van der Waals surface area contributed by atoms with Crippen LogP contribution in [0.1, 0.15) is 43.0 Å². The van der Waals surface area contributed by atoms with Gasteiger partial charge in [0.25, 0.3) is 0 Å². The molecule has 3 N–H and O–H groups in total. The van der Waals surface area contributed by atoms with Crippen LogP contribution in [-0.4, -0.2) is 24.2 Å². The van der Waals surface area contributed by atoms with Gasteiger partial charge in [-0.2, -0.15) is 0 Å². The monoisotopic (exact) mass is 340 g/mol. The highest BCUT2D eigenvalue weighted by Gasteiger charge is 2.14. The Hall–Kier alpha value is -2.17. The second-order valence-corrected chi connectivity index (χ2v) is 6.06. The highest BCUT2D eigenvalue weighted by molar-refractivity contribution is 5.93. The number of aliphatic hydroxyl groups is 1. The number of aliphatic hydroxyl groups excluding tert-OH is 1. The van der Waals surface area contributed by atoms with Crippen LogP contribution in [0.15, 0.2) is 48.5 Å². The molecular weight excluding hydrogens is 312 g/mol. The maximum Gasteiger partial charge on any atom is 0.238 e. The zero-order valence-electron chi connectivity index (χ0n) is 15.1. The minimum atomic E-state index is -0.0607. The third kappa shape index (κ3) is 5.41. The number of aryl methyl sites for hydroxylation is 2. The molecule has 1 amide bonds. The third-order valence-corrected chi connectivity index (χ3v) is 4.39. The lowest BCUT2D eigenvalue weighted by molar-refractivity contribution is -0.115. The van der Waals surface area contributed by atoms with Gasteiger partial charge in [0.2, 0.25) is 5.91 Å². The largest absolute Gasteiger partial charge is 0.396 e. The predicted octanol–water partition coefficient (Wildman–Crippen LogP) is 3.46. The van der Waals surface area contributed by atoms with Crippen LogP contribution in [0.5, 0.6) is 0 Å². The standard InChI is InChI=1S/C21H28N2O2/c1-3-16-11-8-12-17(4-2)21(16)23-20(25)15-22-19(13-14-24)18-9-6-5-7-10-18/h5-12,19,22,24H,3-4,13-15H2,1-2H3,(H,23,25). The Morgan fingerprint density at radius 1 is 1.00 bits per heavy atom. The van der Waals surface area contributed by atoms with Crippen molar-refractivity contribution in [2.24, 2.45) is 0 Å². The van der Waals surface area contributed by atoms with Crippen molar-refractivity contribution in [1.82, 2.24) is 5.32 Å². The van der Waals surface area contributed by atoms with Crippen molar-refractivity contribution in [3.05, 3.63) is 65.2 Å². The summed E-state index contributed by atoms with van der Waals surface area (Å²) in [6.07, 6.45) is 2.34. The average molecular weight is 340 g/mol. The van der Waals surface area contributed by atoms with Gasteiger partial charge in [0.1, 0.15) is 0 Å². The Morgan fingerprint density at radius 2 is 1.64 bits per heavy atom. The molecule has 0 saturated carbocycles. The molecule has 2 aromatic rings. The van der Waals surface area contributed by atoms with Crippen molar-refractivity contribution >= 4 is 11.6 Å². The van der Waals surface area contributed by atoms with Gasteiger partial charge in [-0.15, -0.1) is 0 Å². The van der Waals surface area contributed by atoms with Gasteiger partial charge in [0, 0.05) is 18.3 Å². The van der Waals surface area contributed by atoms with E-state index in [2.05, 4.69) is 36.6 Å². The topological polar surface area (TPSA) is 61.4 Å². The minimum absolute atomic E-state index is 0.0379. The van der Waals surface area contributed by atoms with E-state index in [1.165, 1.54) is 0 Å². The quantitative estimate of drug-likeness (QED) is 0.655. The number of para-hydroxylation sites is 1. The normalized spacial score (nSPS) is 12.0. The van der Waals surface area contributed by atoms with Crippen LogP contribution in [0.3, 0.4) is 0 Å². The number of carbonyl (C=O) groups excluding carboxylic acids is 1. The van der Waals surface area contributed by atoms with E-state index in [0.717, 1.165) is 35.2 Å². The molecule has 25 heavy (non-hydrogen) atoms. The predicted molar refractivity (Wildman–Crippen MR) is 103 cm³/mol. The summed E-state index contributed by atoms with van der Waals surface area (Å²) in [6, 6.07) is 16.0. The van der Waals surface area contributed by atoms with Gasteiger partial charge in [0.05, 0.1) is 6.54 Å². The van der Waals surface area contributed by atoms with Crippen LogP contribution < -0.4 is 10.6 Å². The summed E-state index contributed by atoms with van der Waals surface area (Å²) in [6.45, 7) is 4.47. The second kappa shape index (κ2) is 9.97. The van der Waals surface area contributed by atoms with E-state index in [4.69, 9.17) is 0 Å². The summed E-state index contributed by atoms with van der Waals surface area (Å²) in [5.41, 5.74) is 4.33. The molecule has 2 rings (SSSR count). The van der Waals surface area contributed by atoms with Gasteiger partial charge >= 0.3 is 0 Å². The van der Waals surface area contributed by atoms with E-state index in [-0.39, 0.29) is 25.1 Å². The lowest BCUT2D eigenvalue weighted by Gasteiger charge is -2.19. The number of rotatable bonds is 9. The molecule has 134 valence electrons. The van der Waals surface area contributed by atoms with Gasteiger partial charge in [-0.25, -0.2) is 0 Å². The number of anilines is 1. The number of benzene rings is 2. The van der Waals surface area contributed by atoms with E-state index in [1.807, 2.05) is 36.4 Å². The Labute approximate surface area is 150 Å². The van der Waals surface area contributed by atoms with Crippen LogP contribution in [0, 0.1) is 0 Å². The molecule has 1 atom stereocenters. The first kappa shape index (κ1) is 19.2. The zero-order chi connectivity index (χ0) is 18.1. The van der Waals surface area contributed by atoms with E-state index < -0.39 is 0 Å². The van der Waals surface area contributed by atoms with Crippen LogP contribution in [0.4, 0.5) is 5.69 Å². The molecular formula is C21H28N2O2. The number of nitrogens with one attached hydrogen (secondary N) is 2. The smallest absolute Gasteiger partial charge is 0.238 e. The van der Waals surface area contributed by atoms with Crippen molar-refractivity contribution in [2.75, 3.05) is 18.5 Å². The highest BCUT2D eigenvalue weighted by atomic mass is 16.3. The number of hydrogen-bond acceptors (Lipinski definition) is 3. The fraction of sp³-hybridized carbons (Fsp3) is 0.381. The van der Waals surface area contributed by atoms with Gasteiger partial charge in [-0.3, -0.25) is 4.79 Å². The Morgan fingerprint density at radius 3 is 2.20 bits per heavy atom. The van der Waals surface area contributed by atoms with Crippen LogP contribution in [0.2, 0.25) is 0 Å². The maximum atomic E-state index is 12.5. The Balaban J connectivity index is 2.02. The first-order chi connectivity index (χ1) is 12.2. The van der Waals surface area contributed by atoms with Gasteiger partial charge in [-0.05, 0) is 36.0 Å². The van der Waals surface area contributed by atoms with Crippen molar-refractivity contribution in [3.8, 4) is 0 Å². The summed E-state index contributed by atoms with van der Waals surface area (Å²) in [5, 5.41) is 15.6. The zero-order valence-corrected chi connectivity index (χ0v) is 15.1. The molecule has 0 aliphatic carbocycles. The van der Waals surface area contributed by atoms with Crippen LogP contribution in [-0.2, 0) is 17.6 Å².